The van der Waals surface area contributed by atoms with Gasteiger partial charge in [0.1, 0.15) is 23.7 Å². The Morgan fingerprint density at radius 1 is 0.653 bits per heavy atom. The van der Waals surface area contributed by atoms with Gasteiger partial charge >= 0.3 is 0 Å². The standard InChI is InChI=1S/2C26H33FN4O5/c2*1-16(35-4)19-6-5-7-20(28-19)24(32)29-21-12-17-14-31(15-23(27)26(2,3)34)25(33)18(17)13-22(21)30-8-10-36-11-9-30/h2*5-7,12-13,16,23,34H,8-11,14-15H2,1-4H3,(H,29,32)/t16-,23+;16-,23-/m01/s1. The summed E-state index contributed by atoms with van der Waals surface area (Å²) in [6.45, 7) is 13.7. The number of aliphatic hydroxyl groups is 2. The zero-order chi connectivity index (χ0) is 52.1. The van der Waals surface area contributed by atoms with E-state index in [-0.39, 0.29) is 73.4 Å². The third-order valence-corrected chi connectivity index (χ3v) is 13.2. The Labute approximate surface area is 418 Å². The van der Waals surface area contributed by atoms with Gasteiger partial charge in [0.15, 0.2) is 0 Å². The van der Waals surface area contributed by atoms with Crippen LogP contribution in [-0.2, 0) is 32.0 Å². The lowest BCUT2D eigenvalue weighted by Crippen LogP contribution is -2.42. The summed E-state index contributed by atoms with van der Waals surface area (Å²) in [5.74, 6) is -1.37. The number of carbonyl (C=O) groups is 4. The molecule has 0 bridgehead atoms. The molecule has 2 saturated heterocycles. The van der Waals surface area contributed by atoms with Crippen LogP contribution in [0.15, 0.2) is 60.7 Å². The van der Waals surface area contributed by atoms with Crippen molar-refractivity contribution in [3.05, 3.63) is 106 Å². The van der Waals surface area contributed by atoms with Crippen molar-refractivity contribution in [1.82, 2.24) is 19.8 Å². The molecule has 4 amide bonds. The minimum Gasteiger partial charge on any atom is -0.387 e. The van der Waals surface area contributed by atoms with Crippen molar-refractivity contribution >= 4 is 46.4 Å². The quantitative estimate of drug-likeness (QED) is 0.103. The number of anilines is 4. The number of nitrogens with one attached hydrogen (secondary N) is 2. The van der Waals surface area contributed by atoms with E-state index in [4.69, 9.17) is 18.9 Å². The molecule has 0 unspecified atom stereocenters. The molecule has 72 heavy (non-hydrogen) atoms. The largest absolute Gasteiger partial charge is 0.387 e. The number of nitrogens with zero attached hydrogens (tertiary/aromatic N) is 6. The maximum atomic E-state index is 14.5. The number of carbonyl (C=O) groups excluding carboxylic acids is 4. The second kappa shape index (κ2) is 22.7. The zero-order valence-corrected chi connectivity index (χ0v) is 42.2. The number of halogens is 2. The Balaban J connectivity index is 0.000000211. The third-order valence-electron chi connectivity index (χ3n) is 13.2. The van der Waals surface area contributed by atoms with Crippen LogP contribution in [0.1, 0.15) is 118 Å². The van der Waals surface area contributed by atoms with E-state index < -0.39 is 23.5 Å². The minimum absolute atomic E-state index is 0.190. The van der Waals surface area contributed by atoms with Gasteiger partial charge in [0.05, 0.1) is 97.1 Å². The molecular weight excluding hydrogens is 935 g/mol. The fourth-order valence-corrected chi connectivity index (χ4v) is 8.51. The Bertz CT molecular complexity index is 2440. The smallest absolute Gasteiger partial charge is 0.274 e. The number of pyridine rings is 2. The highest BCUT2D eigenvalue weighted by atomic mass is 19.1. The Morgan fingerprint density at radius 3 is 1.35 bits per heavy atom. The number of rotatable bonds is 16. The average molecular weight is 1000 g/mol. The van der Waals surface area contributed by atoms with Crippen molar-refractivity contribution in [2.45, 2.75) is 90.4 Å². The summed E-state index contributed by atoms with van der Waals surface area (Å²) in [6.07, 6.45) is -3.72. The van der Waals surface area contributed by atoms with Crippen LogP contribution in [0.2, 0.25) is 0 Å². The average Bonchev–Trinajstić information content (AvgIpc) is 3.84. The summed E-state index contributed by atoms with van der Waals surface area (Å²) in [5.41, 5.74) is 3.42. The second-order valence-corrected chi connectivity index (χ2v) is 19.4. The van der Waals surface area contributed by atoms with Gasteiger partial charge in [0, 0.05) is 64.6 Å². The molecule has 4 N–H and O–H groups in total. The highest BCUT2D eigenvalue weighted by Crippen LogP contribution is 2.38. The highest BCUT2D eigenvalue weighted by Gasteiger charge is 2.38. The summed E-state index contributed by atoms with van der Waals surface area (Å²) in [7, 11) is 3.16. The van der Waals surface area contributed by atoms with E-state index in [1.807, 2.05) is 13.8 Å². The number of benzene rings is 2. The number of aromatic nitrogens is 2. The van der Waals surface area contributed by atoms with E-state index in [2.05, 4.69) is 30.4 Å². The molecule has 4 aliphatic heterocycles. The Kier molecular flexibility index (Phi) is 16.9. The van der Waals surface area contributed by atoms with E-state index >= 15 is 0 Å². The van der Waals surface area contributed by atoms with E-state index in [9.17, 15) is 38.2 Å². The van der Waals surface area contributed by atoms with Gasteiger partial charge in [0.2, 0.25) is 0 Å². The topological polar surface area (TPSA) is 208 Å². The van der Waals surface area contributed by atoms with Gasteiger partial charge in [-0.05, 0) is 101 Å². The SMILES string of the molecule is CO[C@@H](C)c1cccc(C(=O)Nc2cc3c(cc2N2CCOCC2)C(=O)N(C[C@@H](F)C(C)(C)O)C3)n1.CO[C@H](C)c1cccc(C(=O)Nc2cc3c(cc2N2CCOCC2)C(=O)N(C[C@@H](F)C(C)(C)O)C3)n1. The van der Waals surface area contributed by atoms with E-state index in [0.29, 0.717) is 109 Å². The number of hydrogen-bond donors (Lipinski definition) is 4. The molecule has 2 aromatic carbocycles. The molecule has 0 spiro atoms. The molecule has 4 aliphatic rings. The lowest BCUT2D eigenvalue weighted by molar-refractivity contribution is -0.0163. The molecule has 2 aromatic heterocycles. The van der Waals surface area contributed by atoms with Crippen LogP contribution in [-0.4, -0.2) is 157 Å². The fourth-order valence-electron chi connectivity index (χ4n) is 8.51. The maximum Gasteiger partial charge on any atom is 0.274 e. The molecule has 6 heterocycles. The van der Waals surface area contributed by atoms with Crippen LogP contribution in [0.4, 0.5) is 31.5 Å². The van der Waals surface area contributed by atoms with Gasteiger partial charge in [-0.15, -0.1) is 0 Å². The number of amides is 4. The monoisotopic (exact) mass is 1000 g/mol. The van der Waals surface area contributed by atoms with Crippen molar-refractivity contribution < 1.29 is 57.1 Å². The van der Waals surface area contributed by atoms with Crippen molar-refractivity contribution in [1.29, 1.82) is 0 Å². The van der Waals surface area contributed by atoms with Crippen LogP contribution in [0.5, 0.6) is 0 Å². The number of fused-ring (bicyclic) bond motifs is 2. The van der Waals surface area contributed by atoms with Gasteiger partial charge in [-0.2, -0.15) is 0 Å². The van der Waals surface area contributed by atoms with Gasteiger partial charge in [-0.1, -0.05) is 12.1 Å². The molecule has 8 rings (SSSR count). The van der Waals surface area contributed by atoms with Gasteiger partial charge in [-0.25, -0.2) is 18.7 Å². The lowest BCUT2D eigenvalue weighted by Gasteiger charge is -2.31. The first kappa shape index (κ1) is 53.6. The third kappa shape index (κ3) is 12.5. The minimum atomic E-state index is -1.60. The molecule has 0 aliphatic carbocycles. The number of morpholine rings is 2. The van der Waals surface area contributed by atoms with Gasteiger partial charge in [-0.3, -0.25) is 19.2 Å². The number of ether oxygens (including phenoxy) is 4. The van der Waals surface area contributed by atoms with Crippen molar-refractivity contribution in [2.75, 3.05) is 100 Å². The lowest BCUT2D eigenvalue weighted by atomic mass is 10.0. The van der Waals surface area contributed by atoms with Crippen molar-refractivity contribution in [3.8, 4) is 0 Å². The van der Waals surface area contributed by atoms with Crippen LogP contribution < -0.4 is 20.4 Å². The molecule has 20 heteroatoms. The Hall–Kier alpha value is -6.16. The number of alkyl halides is 2. The molecular formula is C52H66F2N8O10. The summed E-state index contributed by atoms with van der Waals surface area (Å²) >= 11 is 0. The summed E-state index contributed by atoms with van der Waals surface area (Å²) in [5, 5.41) is 25.9. The van der Waals surface area contributed by atoms with Crippen molar-refractivity contribution in [2.24, 2.45) is 0 Å². The van der Waals surface area contributed by atoms with E-state index in [1.165, 1.54) is 37.5 Å². The molecule has 4 aromatic rings. The molecule has 0 radical (unpaired) electrons. The van der Waals surface area contributed by atoms with Crippen LogP contribution in [0, 0.1) is 0 Å². The molecule has 388 valence electrons. The Morgan fingerprint density at radius 2 is 1.01 bits per heavy atom. The zero-order valence-electron chi connectivity index (χ0n) is 42.2. The van der Waals surface area contributed by atoms with Gasteiger partial charge < -0.3 is 59.4 Å². The highest BCUT2D eigenvalue weighted by molar-refractivity contribution is 6.08. The second-order valence-electron chi connectivity index (χ2n) is 19.4. The summed E-state index contributed by atoms with van der Waals surface area (Å²) in [4.78, 5) is 68.3. The van der Waals surface area contributed by atoms with Crippen LogP contribution in [0.3, 0.4) is 0 Å². The predicted molar refractivity (Wildman–Crippen MR) is 266 cm³/mol. The molecule has 18 nitrogen and oxygen atoms in total. The number of methoxy groups -OCH3 is 2. The van der Waals surface area contributed by atoms with Crippen LogP contribution in [0.25, 0.3) is 0 Å². The first-order valence-corrected chi connectivity index (χ1v) is 24.1. The predicted octanol–water partition coefficient (Wildman–Crippen LogP) is 5.89. The summed E-state index contributed by atoms with van der Waals surface area (Å²) in [6, 6.07) is 17.4. The van der Waals surface area contributed by atoms with Crippen molar-refractivity contribution in [3.63, 3.8) is 0 Å². The molecule has 2 fully saturated rings. The first-order valence-electron chi connectivity index (χ1n) is 24.1. The van der Waals surface area contributed by atoms with Gasteiger partial charge in [0.25, 0.3) is 23.6 Å². The van der Waals surface area contributed by atoms with E-state index in [1.54, 1.807) is 74.9 Å². The number of hydrogen-bond acceptors (Lipinski definition) is 14. The van der Waals surface area contributed by atoms with E-state index in [0.717, 1.165) is 0 Å². The fraction of sp³-hybridized carbons (Fsp3) is 0.500. The first-order chi connectivity index (χ1) is 34.2. The molecule has 0 saturated carbocycles. The maximum absolute atomic E-state index is 14.5. The molecule has 4 atom stereocenters. The van der Waals surface area contributed by atoms with Crippen LogP contribution >= 0.6 is 0 Å². The normalized spacial score (nSPS) is 17.7. The summed E-state index contributed by atoms with van der Waals surface area (Å²) < 4.78 is 50.7.